The second kappa shape index (κ2) is 3.61. The Morgan fingerprint density at radius 2 is 2.06 bits per heavy atom. The van der Waals surface area contributed by atoms with Gasteiger partial charge in [-0.15, -0.1) is 0 Å². The van der Waals surface area contributed by atoms with Gasteiger partial charge >= 0.3 is 0 Å². The first-order chi connectivity index (χ1) is 7.77. The molecule has 0 aromatic rings. The zero-order valence-corrected chi connectivity index (χ0v) is 9.19. The third kappa shape index (κ3) is 1.36. The number of nitrogens with zero attached hydrogens (tertiary/aromatic N) is 1. The minimum atomic E-state index is -0.280. The van der Waals surface area contributed by atoms with Crippen LogP contribution in [0.5, 0.6) is 0 Å². The molecule has 0 aromatic heterocycles. The van der Waals surface area contributed by atoms with E-state index in [-0.39, 0.29) is 29.8 Å². The maximum Gasteiger partial charge on any atom is 0.243 e. The van der Waals surface area contributed by atoms with Crippen molar-refractivity contribution in [2.75, 3.05) is 0 Å². The van der Waals surface area contributed by atoms with Gasteiger partial charge in [0.2, 0.25) is 11.8 Å². The molecular weight excluding hydrogens is 204 g/mol. The van der Waals surface area contributed by atoms with Crippen molar-refractivity contribution in [2.24, 2.45) is 5.92 Å². The van der Waals surface area contributed by atoms with Crippen LogP contribution in [0.3, 0.4) is 0 Å². The summed E-state index contributed by atoms with van der Waals surface area (Å²) in [6.07, 6.45) is 8.44. The van der Waals surface area contributed by atoms with Crippen molar-refractivity contribution in [1.82, 2.24) is 10.2 Å². The fourth-order valence-electron chi connectivity index (χ4n) is 3.05. The smallest absolute Gasteiger partial charge is 0.243 e. The van der Waals surface area contributed by atoms with Crippen LogP contribution in [0.4, 0.5) is 0 Å². The lowest BCUT2D eigenvalue weighted by Gasteiger charge is -2.29. The molecule has 1 aliphatic carbocycles. The van der Waals surface area contributed by atoms with Gasteiger partial charge in [0, 0.05) is 12.2 Å². The maximum atomic E-state index is 12.3. The minimum absolute atomic E-state index is 0.00505. The Labute approximate surface area is 94.7 Å². The number of nitrogens with one attached hydrogen (secondary N) is 1. The van der Waals surface area contributed by atoms with Crippen molar-refractivity contribution in [2.45, 2.75) is 44.2 Å². The van der Waals surface area contributed by atoms with Crippen LogP contribution in [0.2, 0.25) is 0 Å². The Morgan fingerprint density at radius 1 is 1.25 bits per heavy atom. The number of carbonyl (C=O) groups is 2. The van der Waals surface area contributed by atoms with E-state index < -0.39 is 0 Å². The van der Waals surface area contributed by atoms with E-state index in [4.69, 9.17) is 0 Å². The highest BCUT2D eigenvalue weighted by Crippen LogP contribution is 2.31. The third-order valence-electron chi connectivity index (χ3n) is 3.93. The van der Waals surface area contributed by atoms with Crippen LogP contribution in [0.1, 0.15) is 32.1 Å². The lowest BCUT2D eigenvalue weighted by Crippen LogP contribution is -2.43. The number of carbonyl (C=O) groups excluding carboxylic acids is 2. The minimum Gasteiger partial charge on any atom is -0.351 e. The van der Waals surface area contributed by atoms with Crippen LogP contribution in [-0.4, -0.2) is 28.8 Å². The Morgan fingerprint density at radius 3 is 2.94 bits per heavy atom. The summed E-state index contributed by atoms with van der Waals surface area (Å²) in [4.78, 5) is 25.9. The molecule has 86 valence electrons. The first kappa shape index (κ1) is 9.87. The predicted molar refractivity (Wildman–Crippen MR) is 58.3 cm³/mol. The van der Waals surface area contributed by atoms with Crippen LogP contribution in [-0.2, 0) is 9.59 Å². The van der Waals surface area contributed by atoms with Gasteiger partial charge in [-0.3, -0.25) is 9.59 Å². The van der Waals surface area contributed by atoms with E-state index >= 15 is 0 Å². The van der Waals surface area contributed by atoms with Crippen LogP contribution in [0.25, 0.3) is 0 Å². The molecule has 3 rings (SSSR count). The normalized spacial score (nSPS) is 37.8. The summed E-state index contributed by atoms with van der Waals surface area (Å²) in [7, 11) is 0. The Bertz CT molecular complexity index is 364. The van der Waals surface area contributed by atoms with Gasteiger partial charge in [0.1, 0.15) is 6.04 Å². The average Bonchev–Trinajstić information content (AvgIpc) is 2.74. The monoisotopic (exact) mass is 220 g/mol. The van der Waals surface area contributed by atoms with Crippen molar-refractivity contribution in [3.63, 3.8) is 0 Å². The van der Waals surface area contributed by atoms with Crippen molar-refractivity contribution >= 4 is 11.8 Å². The summed E-state index contributed by atoms with van der Waals surface area (Å²) in [5.41, 5.74) is 0. The molecule has 3 atom stereocenters. The zero-order valence-electron chi connectivity index (χ0n) is 9.19. The molecule has 16 heavy (non-hydrogen) atoms. The molecule has 1 saturated carbocycles. The van der Waals surface area contributed by atoms with Gasteiger partial charge in [0.05, 0.1) is 5.92 Å². The van der Waals surface area contributed by atoms with E-state index in [1.54, 1.807) is 11.1 Å². The van der Waals surface area contributed by atoms with Gasteiger partial charge in [0.25, 0.3) is 0 Å². The van der Waals surface area contributed by atoms with E-state index in [0.29, 0.717) is 6.42 Å². The molecule has 2 aliphatic heterocycles. The molecule has 1 saturated heterocycles. The quantitative estimate of drug-likeness (QED) is 0.656. The highest BCUT2D eigenvalue weighted by atomic mass is 16.2. The molecule has 2 amide bonds. The second-order valence-corrected chi connectivity index (χ2v) is 4.89. The number of hydrogen-bond donors (Lipinski definition) is 1. The summed E-state index contributed by atoms with van der Waals surface area (Å²) < 4.78 is 0. The standard InChI is InChI=1S/C12H16N2O2/c15-11-10-6-3-7-14(10)12(16)8-4-1-2-5-9(8)13-11/h3,7-10H,1-2,4-6H2,(H,13,15). The van der Waals surface area contributed by atoms with E-state index in [2.05, 4.69) is 5.32 Å². The largest absolute Gasteiger partial charge is 0.351 e. The summed E-state index contributed by atoms with van der Waals surface area (Å²) in [5.74, 6) is 0.167. The van der Waals surface area contributed by atoms with Gasteiger partial charge in [0.15, 0.2) is 0 Å². The lowest BCUT2D eigenvalue weighted by atomic mass is 9.84. The molecule has 2 heterocycles. The first-order valence-corrected chi connectivity index (χ1v) is 6.06. The summed E-state index contributed by atoms with van der Waals surface area (Å²) in [6.45, 7) is 0. The average molecular weight is 220 g/mol. The maximum absolute atomic E-state index is 12.3. The molecule has 0 bridgehead atoms. The van der Waals surface area contributed by atoms with Crippen LogP contribution < -0.4 is 5.32 Å². The Balaban J connectivity index is 1.92. The molecule has 0 spiro atoms. The highest BCUT2D eigenvalue weighted by Gasteiger charge is 2.43. The number of amides is 2. The van der Waals surface area contributed by atoms with E-state index in [9.17, 15) is 9.59 Å². The fourth-order valence-corrected chi connectivity index (χ4v) is 3.05. The molecule has 1 N–H and O–H groups in total. The summed E-state index contributed by atoms with van der Waals surface area (Å²) in [6, 6.07) is -0.203. The van der Waals surface area contributed by atoms with Crippen LogP contribution in [0, 0.1) is 5.92 Å². The van der Waals surface area contributed by atoms with Crippen molar-refractivity contribution in [1.29, 1.82) is 0 Å². The number of fused-ring (bicyclic) bond motifs is 2. The fraction of sp³-hybridized carbons (Fsp3) is 0.667. The van der Waals surface area contributed by atoms with Crippen molar-refractivity contribution < 1.29 is 9.59 Å². The Kier molecular flexibility index (Phi) is 2.23. The topological polar surface area (TPSA) is 49.4 Å². The Hall–Kier alpha value is -1.32. The van der Waals surface area contributed by atoms with E-state index in [1.165, 1.54) is 0 Å². The molecule has 4 nitrogen and oxygen atoms in total. The second-order valence-electron chi connectivity index (χ2n) is 4.89. The predicted octanol–water partition coefficient (Wildman–Crippen LogP) is 0.790. The van der Waals surface area contributed by atoms with Gasteiger partial charge in [-0.05, 0) is 19.3 Å². The van der Waals surface area contributed by atoms with Crippen LogP contribution in [0.15, 0.2) is 12.3 Å². The molecule has 0 radical (unpaired) electrons. The van der Waals surface area contributed by atoms with Gasteiger partial charge in [-0.25, -0.2) is 0 Å². The molecule has 3 unspecified atom stereocenters. The van der Waals surface area contributed by atoms with Crippen molar-refractivity contribution in [3.05, 3.63) is 12.3 Å². The summed E-state index contributed by atoms with van der Waals surface area (Å²) in [5, 5.41) is 3.04. The van der Waals surface area contributed by atoms with Crippen LogP contribution >= 0.6 is 0 Å². The highest BCUT2D eigenvalue weighted by molar-refractivity contribution is 5.93. The molecular formula is C12H16N2O2. The van der Waals surface area contributed by atoms with Gasteiger partial charge < -0.3 is 10.2 Å². The SMILES string of the molecule is O=C1NC2CCCCC2C(=O)N2C=CCC12. The lowest BCUT2D eigenvalue weighted by molar-refractivity contribution is -0.137. The number of hydrogen-bond acceptors (Lipinski definition) is 2. The zero-order chi connectivity index (χ0) is 11.1. The third-order valence-corrected chi connectivity index (χ3v) is 3.93. The van der Waals surface area contributed by atoms with E-state index in [1.807, 2.05) is 6.08 Å². The van der Waals surface area contributed by atoms with Gasteiger partial charge in [-0.2, -0.15) is 0 Å². The molecule has 3 aliphatic rings. The molecule has 4 heteroatoms. The molecule has 2 fully saturated rings. The summed E-state index contributed by atoms with van der Waals surface area (Å²) >= 11 is 0. The van der Waals surface area contributed by atoms with Crippen molar-refractivity contribution in [3.8, 4) is 0 Å². The van der Waals surface area contributed by atoms with Gasteiger partial charge in [-0.1, -0.05) is 18.9 Å². The first-order valence-electron chi connectivity index (χ1n) is 6.06. The number of rotatable bonds is 0. The van der Waals surface area contributed by atoms with E-state index in [0.717, 1.165) is 25.7 Å². The molecule has 0 aromatic carbocycles.